The van der Waals surface area contributed by atoms with Crippen LogP contribution in [0.15, 0.2) is 33.4 Å². The molecule has 1 spiro atoms. The van der Waals surface area contributed by atoms with Crippen molar-refractivity contribution in [2.75, 3.05) is 13.1 Å². The van der Waals surface area contributed by atoms with Crippen LogP contribution in [-0.2, 0) is 0 Å². The number of rotatable bonds is 1. The Morgan fingerprint density at radius 2 is 2.00 bits per heavy atom. The second-order valence-corrected chi connectivity index (χ2v) is 8.07. The molecule has 2 aromatic rings. The fourth-order valence-electron chi connectivity index (χ4n) is 3.60. The van der Waals surface area contributed by atoms with E-state index in [1.165, 1.54) is 0 Å². The molecule has 0 radical (unpaired) electrons. The van der Waals surface area contributed by atoms with Crippen molar-refractivity contribution in [1.29, 1.82) is 0 Å². The quantitative estimate of drug-likeness (QED) is 0.650. The van der Waals surface area contributed by atoms with Gasteiger partial charge >= 0.3 is 0 Å². The average molecular weight is 439 g/mol. The lowest BCUT2D eigenvalue weighted by Gasteiger charge is -2.43. The first-order chi connectivity index (χ1) is 12.4. The Morgan fingerprint density at radius 1 is 1.27 bits per heavy atom. The molecule has 0 aliphatic carbocycles. The molecule has 26 heavy (non-hydrogen) atoms. The van der Waals surface area contributed by atoms with E-state index in [-0.39, 0.29) is 11.7 Å². The number of nitrogens with zero attached hydrogens (tertiary/aromatic N) is 1. The Balaban J connectivity index is 1.51. The lowest BCUT2D eigenvalue weighted by molar-refractivity contribution is -0.00646. The summed E-state index contributed by atoms with van der Waals surface area (Å²) in [6.07, 6.45) is 1.52. The molecule has 7 heteroatoms. The molecule has 1 amide bonds. The average Bonchev–Trinajstić information content (AvgIpc) is 3.03. The zero-order chi connectivity index (χ0) is 18.5. The Bertz CT molecular complexity index is 899. The number of likely N-dealkylation sites (tertiary alicyclic amines) is 1. The number of aryl methyl sites for hydroxylation is 1. The van der Waals surface area contributed by atoms with Gasteiger partial charge in [-0.1, -0.05) is 11.6 Å². The molecule has 0 bridgehead atoms. The normalized spacial score (nSPS) is 18.6. The second-order valence-electron chi connectivity index (χ2n) is 6.88. The maximum Gasteiger partial charge on any atom is 0.289 e. The lowest BCUT2D eigenvalue weighted by atomic mass is 9.82. The van der Waals surface area contributed by atoms with Crippen molar-refractivity contribution in [3.8, 4) is 5.75 Å². The predicted octanol–water partition coefficient (Wildman–Crippen LogP) is 4.64. The fourth-order valence-corrected chi connectivity index (χ4v) is 4.07. The summed E-state index contributed by atoms with van der Waals surface area (Å²) < 4.78 is 12.1. The number of Topliss-reactive ketones (excluding diaryl/α,β-unsaturated/α-hetero) is 1. The molecule has 1 aromatic carbocycles. The summed E-state index contributed by atoms with van der Waals surface area (Å²) in [6, 6.07) is 6.87. The zero-order valence-electron chi connectivity index (χ0n) is 14.2. The highest BCUT2D eigenvalue weighted by Crippen LogP contribution is 2.41. The topological polar surface area (TPSA) is 59.8 Å². The monoisotopic (exact) mass is 437 g/mol. The van der Waals surface area contributed by atoms with Gasteiger partial charge in [-0.3, -0.25) is 9.59 Å². The van der Waals surface area contributed by atoms with Gasteiger partial charge in [0, 0.05) is 31.0 Å². The number of benzene rings is 1. The molecule has 1 saturated heterocycles. The van der Waals surface area contributed by atoms with Crippen molar-refractivity contribution < 1.29 is 18.7 Å². The maximum absolute atomic E-state index is 12.6. The van der Waals surface area contributed by atoms with Crippen LogP contribution >= 0.6 is 27.5 Å². The van der Waals surface area contributed by atoms with Crippen LogP contribution in [0, 0.1) is 6.92 Å². The van der Waals surface area contributed by atoms with Crippen LogP contribution in [0.5, 0.6) is 5.75 Å². The fraction of sp³-hybridized carbons (Fsp3) is 0.368. The van der Waals surface area contributed by atoms with Gasteiger partial charge in [0.15, 0.2) is 16.2 Å². The summed E-state index contributed by atoms with van der Waals surface area (Å²) in [7, 11) is 0. The second kappa shape index (κ2) is 6.43. The van der Waals surface area contributed by atoms with Gasteiger partial charge in [-0.2, -0.15) is 0 Å². The minimum atomic E-state index is -0.551. The number of amides is 1. The third kappa shape index (κ3) is 3.05. The van der Waals surface area contributed by atoms with Crippen LogP contribution in [-0.4, -0.2) is 35.3 Å². The standard InChI is InChI=1S/C19H17BrClNO4/c1-11-8-16-12(9-13(11)21)14(23)10-19(26-16)4-6-22(7-5-19)18(24)15-2-3-17(20)25-15/h2-3,8-9H,4-7,10H2,1H3. The van der Waals surface area contributed by atoms with E-state index in [2.05, 4.69) is 15.9 Å². The third-order valence-electron chi connectivity index (χ3n) is 5.12. The summed E-state index contributed by atoms with van der Waals surface area (Å²) in [5, 5.41) is 0.571. The lowest BCUT2D eigenvalue weighted by Crippen LogP contribution is -2.52. The minimum absolute atomic E-state index is 0.0443. The summed E-state index contributed by atoms with van der Waals surface area (Å²) in [6.45, 7) is 2.93. The van der Waals surface area contributed by atoms with Gasteiger partial charge in [0.2, 0.25) is 0 Å². The van der Waals surface area contributed by atoms with Gasteiger partial charge < -0.3 is 14.1 Å². The van der Waals surface area contributed by atoms with E-state index in [4.69, 9.17) is 20.8 Å². The zero-order valence-corrected chi connectivity index (χ0v) is 16.5. The summed E-state index contributed by atoms with van der Waals surface area (Å²) in [4.78, 5) is 26.9. The van der Waals surface area contributed by atoms with Crippen LogP contribution < -0.4 is 4.74 Å². The van der Waals surface area contributed by atoms with Crippen LogP contribution in [0.1, 0.15) is 45.7 Å². The molecule has 5 nitrogen and oxygen atoms in total. The third-order valence-corrected chi connectivity index (χ3v) is 5.95. The van der Waals surface area contributed by atoms with E-state index < -0.39 is 5.60 Å². The predicted molar refractivity (Wildman–Crippen MR) is 100 cm³/mol. The van der Waals surface area contributed by atoms with Crippen LogP contribution in [0.3, 0.4) is 0 Å². The number of hydrogen-bond donors (Lipinski definition) is 0. The molecule has 3 heterocycles. The first kappa shape index (κ1) is 17.6. The SMILES string of the molecule is Cc1cc2c(cc1Cl)C(=O)CC1(CCN(C(=O)c3ccc(Br)o3)CC1)O2. The molecule has 2 aliphatic heterocycles. The smallest absolute Gasteiger partial charge is 0.289 e. The number of furan rings is 1. The molecule has 0 N–H and O–H groups in total. The maximum atomic E-state index is 12.6. The van der Waals surface area contributed by atoms with Gasteiger partial charge in [-0.05, 0) is 52.7 Å². The van der Waals surface area contributed by atoms with Crippen molar-refractivity contribution >= 4 is 39.2 Å². The number of halogens is 2. The molecule has 1 aromatic heterocycles. The van der Waals surface area contributed by atoms with E-state index in [0.29, 0.717) is 59.1 Å². The highest BCUT2D eigenvalue weighted by atomic mass is 79.9. The van der Waals surface area contributed by atoms with Gasteiger partial charge in [-0.25, -0.2) is 0 Å². The number of piperidine rings is 1. The van der Waals surface area contributed by atoms with E-state index in [1.807, 2.05) is 13.0 Å². The summed E-state index contributed by atoms with van der Waals surface area (Å²) in [5.41, 5.74) is 0.877. The first-order valence-corrected chi connectivity index (χ1v) is 9.61. The molecule has 0 saturated carbocycles. The van der Waals surface area contributed by atoms with Gasteiger partial charge in [0.05, 0.1) is 12.0 Å². The van der Waals surface area contributed by atoms with Crippen molar-refractivity contribution in [2.24, 2.45) is 0 Å². The molecule has 136 valence electrons. The highest BCUT2D eigenvalue weighted by Gasteiger charge is 2.44. The molecule has 0 unspecified atom stereocenters. The number of hydrogen-bond acceptors (Lipinski definition) is 4. The van der Waals surface area contributed by atoms with Crippen LogP contribution in [0.2, 0.25) is 5.02 Å². The largest absolute Gasteiger partial charge is 0.486 e. The molecular weight excluding hydrogens is 422 g/mol. The number of ether oxygens (including phenoxy) is 1. The Kier molecular flexibility index (Phi) is 4.35. The molecule has 1 fully saturated rings. The van der Waals surface area contributed by atoms with Crippen molar-refractivity contribution in [1.82, 2.24) is 4.90 Å². The summed E-state index contributed by atoms with van der Waals surface area (Å²) >= 11 is 9.35. The summed E-state index contributed by atoms with van der Waals surface area (Å²) in [5.74, 6) is 0.806. The van der Waals surface area contributed by atoms with Crippen molar-refractivity contribution in [3.05, 3.63) is 50.8 Å². The Morgan fingerprint density at radius 3 is 2.65 bits per heavy atom. The number of carbonyl (C=O) groups excluding carboxylic acids is 2. The van der Waals surface area contributed by atoms with Crippen LogP contribution in [0.25, 0.3) is 0 Å². The molecule has 0 atom stereocenters. The van der Waals surface area contributed by atoms with Gasteiger partial charge in [0.1, 0.15) is 11.4 Å². The van der Waals surface area contributed by atoms with E-state index in [9.17, 15) is 9.59 Å². The van der Waals surface area contributed by atoms with E-state index in [1.54, 1.807) is 23.1 Å². The minimum Gasteiger partial charge on any atom is -0.486 e. The van der Waals surface area contributed by atoms with Gasteiger partial charge in [-0.15, -0.1) is 0 Å². The molecular formula is C19H17BrClNO4. The number of carbonyl (C=O) groups is 2. The van der Waals surface area contributed by atoms with E-state index >= 15 is 0 Å². The Hall–Kier alpha value is -1.79. The van der Waals surface area contributed by atoms with Crippen molar-refractivity contribution in [2.45, 2.75) is 31.8 Å². The van der Waals surface area contributed by atoms with Gasteiger partial charge in [0.25, 0.3) is 5.91 Å². The van der Waals surface area contributed by atoms with Crippen LogP contribution in [0.4, 0.5) is 0 Å². The Labute approximate surface area is 164 Å². The first-order valence-electron chi connectivity index (χ1n) is 8.44. The van der Waals surface area contributed by atoms with Crippen molar-refractivity contribution in [3.63, 3.8) is 0 Å². The number of ketones is 1. The molecule has 2 aliphatic rings. The highest BCUT2D eigenvalue weighted by molar-refractivity contribution is 9.10. The molecule has 4 rings (SSSR count). The van der Waals surface area contributed by atoms with E-state index in [0.717, 1.165) is 5.56 Å². The number of fused-ring (bicyclic) bond motifs is 1.